The molecule has 1 aromatic rings. The number of sulfonamides is 1. The SMILES string of the molecule is NS(=O)(=O)c1ncc(C(F)F)c(Br)c1Cl. The lowest BCUT2D eigenvalue weighted by Gasteiger charge is -2.07. The number of nitrogens with two attached hydrogens (primary N) is 1. The van der Waals surface area contributed by atoms with Crippen LogP contribution in [0.4, 0.5) is 8.78 Å². The van der Waals surface area contributed by atoms with Crippen LogP contribution < -0.4 is 5.14 Å². The molecule has 0 fully saturated rings. The Bertz CT molecular complexity index is 494. The van der Waals surface area contributed by atoms with Crippen molar-refractivity contribution in [3.05, 3.63) is 21.3 Å². The van der Waals surface area contributed by atoms with Crippen LogP contribution in [-0.4, -0.2) is 13.4 Å². The van der Waals surface area contributed by atoms with Crippen molar-refractivity contribution in [1.82, 2.24) is 4.98 Å². The van der Waals surface area contributed by atoms with Gasteiger partial charge in [-0.2, -0.15) is 0 Å². The average molecular weight is 322 g/mol. The van der Waals surface area contributed by atoms with Gasteiger partial charge >= 0.3 is 0 Å². The minimum atomic E-state index is -4.12. The number of halogens is 4. The van der Waals surface area contributed by atoms with Crippen molar-refractivity contribution in [2.24, 2.45) is 5.14 Å². The van der Waals surface area contributed by atoms with E-state index in [0.29, 0.717) is 6.20 Å². The molecule has 0 unspecified atom stereocenters. The van der Waals surface area contributed by atoms with Gasteiger partial charge in [0.15, 0.2) is 5.03 Å². The van der Waals surface area contributed by atoms with Crippen molar-refractivity contribution in [2.75, 3.05) is 0 Å². The predicted octanol–water partition coefficient (Wildman–Crippen LogP) is 2.08. The highest BCUT2D eigenvalue weighted by Crippen LogP contribution is 2.35. The van der Waals surface area contributed by atoms with Gasteiger partial charge in [-0.1, -0.05) is 11.6 Å². The summed E-state index contributed by atoms with van der Waals surface area (Å²) in [6, 6.07) is 0. The molecule has 0 saturated heterocycles. The van der Waals surface area contributed by atoms with E-state index in [1.54, 1.807) is 0 Å². The Kier molecular flexibility index (Phi) is 3.64. The van der Waals surface area contributed by atoms with E-state index in [4.69, 9.17) is 16.7 Å². The van der Waals surface area contributed by atoms with Crippen molar-refractivity contribution in [2.45, 2.75) is 11.5 Å². The summed E-state index contributed by atoms with van der Waals surface area (Å²) in [5.41, 5.74) is -0.493. The number of primary sulfonamides is 1. The van der Waals surface area contributed by atoms with Crippen LogP contribution in [0.25, 0.3) is 0 Å². The smallest absolute Gasteiger partial charge is 0.242 e. The van der Waals surface area contributed by atoms with Gasteiger partial charge in [0.25, 0.3) is 16.4 Å². The zero-order chi connectivity index (χ0) is 11.8. The van der Waals surface area contributed by atoms with Gasteiger partial charge < -0.3 is 0 Å². The first-order valence-electron chi connectivity index (χ1n) is 3.40. The largest absolute Gasteiger partial charge is 0.266 e. The number of pyridine rings is 1. The maximum Gasteiger partial charge on any atom is 0.266 e. The third-order valence-corrected chi connectivity index (χ3v) is 3.87. The molecular formula is C6H4BrClF2N2O2S. The number of alkyl halides is 2. The highest BCUT2D eigenvalue weighted by atomic mass is 79.9. The molecule has 1 heterocycles. The van der Waals surface area contributed by atoms with Crippen LogP contribution in [0.5, 0.6) is 0 Å². The molecule has 0 atom stereocenters. The summed E-state index contributed by atoms with van der Waals surface area (Å²) in [5.74, 6) is 0. The van der Waals surface area contributed by atoms with Crippen LogP contribution in [0, 0.1) is 0 Å². The van der Waals surface area contributed by atoms with Crippen LogP contribution in [0.3, 0.4) is 0 Å². The molecule has 0 aromatic carbocycles. The summed E-state index contributed by atoms with van der Waals surface area (Å²) in [4.78, 5) is 3.28. The first-order chi connectivity index (χ1) is 6.75. The molecule has 0 bridgehead atoms. The molecule has 0 spiro atoms. The maximum atomic E-state index is 12.3. The van der Waals surface area contributed by atoms with Crippen LogP contribution >= 0.6 is 27.5 Å². The summed E-state index contributed by atoms with van der Waals surface area (Å²) in [6.07, 6.45) is -2.10. The minimum Gasteiger partial charge on any atom is -0.242 e. The normalized spacial score (nSPS) is 12.1. The zero-order valence-corrected chi connectivity index (χ0v) is 10.1. The predicted molar refractivity (Wildman–Crippen MR) is 53.3 cm³/mol. The topological polar surface area (TPSA) is 73.1 Å². The van der Waals surface area contributed by atoms with E-state index in [0.717, 1.165) is 0 Å². The van der Waals surface area contributed by atoms with Crippen LogP contribution in [0.15, 0.2) is 15.7 Å². The van der Waals surface area contributed by atoms with E-state index in [1.807, 2.05) is 0 Å². The summed E-state index contributed by atoms with van der Waals surface area (Å²) < 4.78 is 46.2. The number of nitrogens with zero attached hydrogens (tertiary/aromatic N) is 1. The van der Waals surface area contributed by atoms with Crippen molar-refractivity contribution < 1.29 is 17.2 Å². The Morgan fingerprint density at radius 1 is 1.53 bits per heavy atom. The van der Waals surface area contributed by atoms with Gasteiger partial charge in [-0.05, 0) is 15.9 Å². The van der Waals surface area contributed by atoms with Crippen molar-refractivity contribution in [1.29, 1.82) is 0 Å². The molecular weight excluding hydrogens is 317 g/mol. The highest BCUT2D eigenvalue weighted by Gasteiger charge is 2.22. The monoisotopic (exact) mass is 320 g/mol. The first-order valence-corrected chi connectivity index (χ1v) is 6.11. The van der Waals surface area contributed by atoms with E-state index in [2.05, 4.69) is 20.9 Å². The summed E-state index contributed by atoms with van der Waals surface area (Å²) in [5, 5.41) is 3.68. The first kappa shape index (κ1) is 12.8. The van der Waals surface area contributed by atoms with Gasteiger partial charge in [0.2, 0.25) is 0 Å². The number of rotatable bonds is 2. The second-order valence-corrected chi connectivity index (χ2v) is 5.14. The Morgan fingerprint density at radius 2 is 2.07 bits per heavy atom. The summed E-state index contributed by atoms with van der Waals surface area (Å²) >= 11 is 8.28. The molecule has 0 saturated carbocycles. The molecule has 84 valence electrons. The van der Waals surface area contributed by atoms with E-state index < -0.39 is 32.1 Å². The van der Waals surface area contributed by atoms with Gasteiger partial charge in [-0.15, -0.1) is 0 Å². The Labute approximate surface area is 97.6 Å². The molecule has 0 aliphatic rings. The standard InChI is InChI=1S/C6H4BrClF2N2O2S/c7-3-2(5(9)10)1-12-6(4(3)8)15(11,13)14/h1,5H,(H2,11,13,14). The van der Waals surface area contributed by atoms with Gasteiger partial charge in [-0.3, -0.25) is 0 Å². The molecule has 2 N–H and O–H groups in total. The van der Waals surface area contributed by atoms with E-state index in [-0.39, 0.29) is 4.47 Å². The second-order valence-electron chi connectivity index (χ2n) is 2.49. The Morgan fingerprint density at radius 3 is 2.47 bits per heavy atom. The third-order valence-electron chi connectivity index (χ3n) is 1.46. The Hall–Kier alpha value is -0.310. The highest BCUT2D eigenvalue weighted by molar-refractivity contribution is 9.10. The molecule has 9 heteroatoms. The Balaban J connectivity index is 3.48. The lowest BCUT2D eigenvalue weighted by molar-refractivity contribution is 0.150. The molecule has 0 aliphatic heterocycles. The van der Waals surface area contributed by atoms with Crippen LogP contribution in [0.2, 0.25) is 5.02 Å². The fraction of sp³-hybridized carbons (Fsp3) is 0.167. The molecule has 15 heavy (non-hydrogen) atoms. The third kappa shape index (κ3) is 2.63. The van der Waals surface area contributed by atoms with Crippen molar-refractivity contribution in [3.8, 4) is 0 Å². The molecule has 4 nitrogen and oxygen atoms in total. The lowest BCUT2D eigenvalue weighted by Crippen LogP contribution is -2.15. The minimum absolute atomic E-state index is 0.224. The van der Waals surface area contributed by atoms with E-state index in [1.165, 1.54) is 0 Å². The molecule has 0 amide bonds. The molecule has 0 radical (unpaired) electrons. The van der Waals surface area contributed by atoms with E-state index in [9.17, 15) is 17.2 Å². The summed E-state index contributed by atoms with van der Waals surface area (Å²) in [6.45, 7) is 0. The number of aromatic nitrogens is 1. The zero-order valence-electron chi connectivity index (χ0n) is 6.92. The van der Waals surface area contributed by atoms with Gasteiger partial charge in [-0.25, -0.2) is 27.3 Å². The van der Waals surface area contributed by atoms with Crippen LogP contribution in [-0.2, 0) is 10.0 Å². The number of hydrogen-bond donors (Lipinski definition) is 1. The summed E-state index contributed by atoms with van der Waals surface area (Å²) in [7, 11) is -4.12. The fourth-order valence-corrected chi connectivity index (χ4v) is 2.44. The van der Waals surface area contributed by atoms with Crippen molar-refractivity contribution in [3.63, 3.8) is 0 Å². The van der Waals surface area contributed by atoms with Crippen LogP contribution in [0.1, 0.15) is 12.0 Å². The molecule has 0 aliphatic carbocycles. The number of hydrogen-bond acceptors (Lipinski definition) is 3. The molecule has 1 aromatic heterocycles. The van der Waals surface area contributed by atoms with Gasteiger partial charge in [0, 0.05) is 10.7 Å². The maximum absolute atomic E-state index is 12.3. The van der Waals surface area contributed by atoms with Crippen molar-refractivity contribution >= 4 is 37.6 Å². The van der Waals surface area contributed by atoms with Gasteiger partial charge in [0.1, 0.15) is 0 Å². The fourth-order valence-electron chi connectivity index (χ4n) is 0.813. The quantitative estimate of drug-likeness (QED) is 0.906. The molecule has 1 rings (SSSR count). The van der Waals surface area contributed by atoms with Gasteiger partial charge in [0.05, 0.1) is 10.6 Å². The lowest BCUT2D eigenvalue weighted by atomic mass is 10.3. The van der Waals surface area contributed by atoms with E-state index >= 15 is 0 Å². The average Bonchev–Trinajstić information content (AvgIpc) is 2.06. The second kappa shape index (κ2) is 4.28.